The average Bonchev–Trinajstić information content (AvgIpc) is 3.21. The van der Waals surface area contributed by atoms with E-state index in [1.54, 1.807) is 66.7 Å². The van der Waals surface area contributed by atoms with Gasteiger partial charge in [-0.2, -0.15) is 35.4 Å². The van der Waals surface area contributed by atoms with Crippen LogP contribution in [0.3, 0.4) is 0 Å². The van der Waals surface area contributed by atoms with Crippen LogP contribution in [-0.2, 0) is 46.0 Å². The van der Waals surface area contributed by atoms with Gasteiger partial charge < -0.3 is 20.3 Å². The Kier molecular flexibility index (Phi) is 14.2. The van der Waals surface area contributed by atoms with Crippen LogP contribution >= 0.6 is 0 Å². The number of hydrogen-bond acceptors (Lipinski definition) is 19. The van der Waals surface area contributed by atoms with Crippen molar-refractivity contribution in [3.05, 3.63) is 101 Å². The van der Waals surface area contributed by atoms with Gasteiger partial charge in [-0.25, -0.2) is 19.6 Å². The van der Waals surface area contributed by atoms with Crippen molar-refractivity contribution >= 4 is 52.0 Å². The Morgan fingerprint density at radius 2 is 1.04 bits per heavy atom. The maximum absolute atomic E-state index is 8.89. The SMILES string of the molecule is COc1cc(N=Nc2cc(COO)cc(COO)c2)ccc1Nc1nc(Nc2ccc(N=Nc3cc(COO)cc(COO)c3)cc2)nc(N2CCCCC2)n1. The summed E-state index contributed by atoms with van der Waals surface area (Å²) in [6.07, 6.45) is 3.20. The number of nitrogens with zero attached hydrogens (tertiary/aromatic N) is 8. The molecule has 2 heterocycles. The highest BCUT2D eigenvalue weighted by molar-refractivity contribution is 5.68. The highest BCUT2D eigenvalue weighted by atomic mass is 17.1. The van der Waals surface area contributed by atoms with E-state index in [9.17, 15) is 0 Å². The number of piperidine rings is 1. The summed E-state index contributed by atoms with van der Waals surface area (Å²) in [4.78, 5) is 33.3. The maximum atomic E-state index is 8.89. The van der Waals surface area contributed by atoms with Gasteiger partial charge in [-0.1, -0.05) is 12.1 Å². The molecular weight excluding hydrogens is 728 g/mol. The largest absolute Gasteiger partial charge is 0.494 e. The van der Waals surface area contributed by atoms with Crippen LogP contribution in [0.2, 0.25) is 0 Å². The quantitative estimate of drug-likeness (QED) is 0.0276. The number of nitrogens with one attached hydrogen (secondary N) is 2. The zero-order chi connectivity index (χ0) is 39.1. The summed E-state index contributed by atoms with van der Waals surface area (Å²) in [5.74, 6) is 1.61. The predicted octanol–water partition coefficient (Wildman–Crippen LogP) is 9.15. The van der Waals surface area contributed by atoms with Gasteiger partial charge >= 0.3 is 0 Å². The molecule has 292 valence electrons. The second-order valence-electron chi connectivity index (χ2n) is 12.5. The molecule has 0 radical (unpaired) electrons. The third kappa shape index (κ3) is 11.3. The van der Waals surface area contributed by atoms with E-state index >= 15 is 0 Å². The van der Waals surface area contributed by atoms with Gasteiger partial charge in [0.2, 0.25) is 17.8 Å². The van der Waals surface area contributed by atoms with Gasteiger partial charge in [0, 0.05) is 24.8 Å². The first kappa shape index (κ1) is 39.7. The summed E-state index contributed by atoms with van der Waals surface area (Å²) < 4.78 is 5.68. The number of ether oxygens (including phenoxy) is 1. The van der Waals surface area contributed by atoms with Gasteiger partial charge in [-0.3, -0.25) is 21.0 Å². The molecule has 1 aliphatic rings. The van der Waals surface area contributed by atoms with Crippen LogP contribution in [0.4, 0.5) is 52.0 Å². The monoisotopic (exact) mass is 768 g/mol. The highest BCUT2D eigenvalue weighted by Gasteiger charge is 2.18. The molecule has 1 aromatic heterocycles. The molecular formula is C37H40N10O9. The molecule has 0 saturated carbocycles. The Labute approximate surface area is 320 Å². The smallest absolute Gasteiger partial charge is 0.233 e. The lowest BCUT2D eigenvalue weighted by Crippen LogP contribution is -2.31. The first-order valence-corrected chi connectivity index (χ1v) is 17.4. The van der Waals surface area contributed by atoms with Crippen LogP contribution in [-0.4, -0.2) is 56.2 Å². The number of benzene rings is 4. The highest BCUT2D eigenvalue weighted by Crippen LogP contribution is 2.33. The number of rotatable bonds is 18. The summed E-state index contributed by atoms with van der Waals surface area (Å²) in [7, 11) is 1.54. The topological polar surface area (TPSA) is 242 Å². The Balaban J connectivity index is 1.20. The van der Waals surface area contributed by atoms with E-state index in [1.165, 1.54) is 7.11 Å². The summed E-state index contributed by atoms with van der Waals surface area (Å²) >= 11 is 0. The standard InChI is InChI=1S/C37H40N10O9/c1-52-34-19-30(44-46-32-17-26(22-55-50)14-27(18-32)23-56-51)9-10-33(34)39-36-40-35(41-37(42-36)47-11-3-2-4-12-47)38-28-5-7-29(8-6-28)43-45-31-15-24(20-53-48)13-25(16-31)21-54-49/h5-10,13-19,48-51H,2-4,11-12,20-23H2,1H3,(H2,38,39,40,41,42). The van der Waals surface area contributed by atoms with Crippen molar-refractivity contribution in [2.75, 3.05) is 35.7 Å². The van der Waals surface area contributed by atoms with E-state index in [-0.39, 0.29) is 26.4 Å². The fourth-order valence-corrected chi connectivity index (χ4v) is 5.88. The van der Waals surface area contributed by atoms with Crippen LogP contribution in [0.1, 0.15) is 41.5 Å². The van der Waals surface area contributed by atoms with Gasteiger partial charge in [-0.15, -0.1) is 0 Å². The van der Waals surface area contributed by atoms with Crippen molar-refractivity contribution in [1.29, 1.82) is 0 Å². The van der Waals surface area contributed by atoms with Crippen LogP contribution in [0, 0.1) is 0 Å². The summed E-state index contributed by atoms with van der Waals surface area (Å²) in [5.41, 5.74) is 5.79. The van der Waals surface area contributed by atoms with Crippen molar-refractivity contribution in [3.63, 3.8) is 0 Å². The second kappa shape index (κ2) is 20.0. The Morgan fingerprint density at radius 3 is 1.55 bits per heavy atom. The molecule has 1 fully saturated rings. The van der Waals surface area contributed by atoms with Gasteiger partial charge in [0.15, 0.2) is 0 Å². The normalized spacial score (nSPS) is 13.1. The van der Waals surface area contributed by atoms with Gasteiger partial charge in [-0.05, 0) is 102 Å². The predicted molar refractivity (Wildman–Crippen MR) is 203 cm³/mol. The molecule has 19 nitrogen and oxygen atoms in total. The summed E-state index contributed by atoms with van der Waals surface area (Å²) in [6.45, 7) is 1.37. The van der Waals surface area contributed by atoms with Crippen molar-refractivity contribution in [2.24, 2.45) is 20.5 Å². The minimum atomic E-state index is -0.0746. The van der Waals surface area contributed by atoms with E-state index in [1.807, 2.05) is 12.1 Å². The average molecular weight is 769 g/mol. The molecule has 19 heteroatoms. The second-order valence-corrected chi connectivity index (χ2v) is 12.5. The van der Waals surface area contributed by atoms with Crippen molar-refractivity contribution in [3.8, 4) is 5.75 Å². The minimum Gasteiger partial charge on any atom is -0.494 e. The molecule has 4 aromatic carbocycles. The molecule has 0 atom stereocenters. The fraction of sp³-hybridized carbons (Fsp3) is 0.270. The first-order chi connectivity index (χ1) is 27.4. The lowest BCUT2D eigenvalue weighted by Gasteiger charge is -2.27. The zero-order valence-electron chi connectivity index (χ0n) is 30.3. The molecule has 1 aliphatic heterocycles. The zero-order valence-corrected chi connectivity index (χ0v) is 30.3. The lowest BCUT2D eigenvalue weighted by molar-refractivity contribution is -0.254. The van der Waals surface area contributed by atoms with Crippen LogP contribution in [0.25, 0.3) is 0 Å². The fourth-order valence-electron chi connectivity index (χ4n) is 5.88. The Bertz CT molecular complexity index is 2070. The molecule has 6 N–H and O–H groups in total. The van der Waals surface area contributed by atoms with Crippen LogP contribution in [0.5, 0.6) is 5.75 Å². The van der Waals surface area contributed by atoms with Gasteiger partial charge in [0.25, 0.3) is 0 Å². The minimum absolute atomic E-state index is 0.0610. The molecule has 0 amide bonds. The van der Waals surface area contributed by atoms with E-state index in [2.05, 4.69) is 60.5 Å². The molecule has 0 bridgehead atoms. The number of aromatic nitrogens is 3. The number of hydrogen-bond donors (Lipinski definition) is 6. The third-order valence-corrected chi connectivity index (χ3v) is 8.38. The van der Waals surface area contributed by atoms with Crippen LogP contribution in [0.15, 0.2) is 99.3 Å². The van der Waals surface area contributed by atoms with E-state index in [0.29, 0.717) is 80.0 Å². The Hall–Kier alpha value is -6.03. The number of azo groups is 2. The third-order valence-electron chi connectivity index (χ3n) is 8.38. The van der Waals surface area contributed by atoms with Gasteiger partial charge in [0.1, 0.15) is 32.2 Å². The summed E-state index contributed by atoms with van der Waals surface area (Å²) in [6, 6.07) is 22.6. The Morgan fingerprint density at radius 1 is 0.554 bits per heavy atom. The lowest BCUT2D eigenvalue weighted by atomic mass is 10.1. The maximum Gasteiger partial charge on any atom is 0.233 e. The molecule has 56 heavy (non-hydrogen) atoms. The molecule has 0 unspecified atom stereocenters. The molecule has 1 saturated heterocycles. The summed E-state index contributed by atoms with van der Waals surface area (Å²) in [5, 5.41) is 59.3. The van der Waals surface area contributed by atoms with Crippen molar-refractivity contribution < 1.29 is 45.3 Å². The van der Waals surface area contributed by atoms with E-state index < -0.39 is 0 Å². The van der Waals surface area contributed by atoms with Crippen LogP contribution < -0.4 is 20.3 Å². The van der Waals surface area contributed by atoms with E-state index in [4.69, 9.17) is 35.7 Å². The molecule has 6 rings (SSSR count). The van der Waals surface area contributed by atoms with E-state index in [0.717, 1.165) is 32.4 Å². The molecule has 5 aromatic rings. The van der Waals surface area contributed by atoms with Crippen molar-refractivity contribution in [2.45, 2.75) is 45.7 Å². The number of anilines is 5. The van der Waals surface area contributed by atoms with Gasteiger partial charge in [0.05, 0.1) is 35.5 Å². The number of methoxy groups -OCH3 is 1. The molecule has 0 spiro atoms. The first-order valence-electron chi connectivity index (χ1n) is 17.4. The van der Waals surface area contributed by atoms with Crippen molar-refractivity contribution in [1.82, 2.24) is 15.0 Å². The molecule has 0 aliphatic carbocycles.